The highest BCUT2D eigenvalue weighted by molar-refractivity contribution is 6.33. The van der Waals surface area contributed by atoms with E-state index in [0.29, 0.717) is 29.2 Å². The number of anilines is 1. The Morgan fingerprint density at radius 1 is 1.23 bits per heavy atom. The standard InChI is InChI=1S/C13H13ClN6O2/c1-21-8-3-4-9(22-2)7(5-8)6-20-12-10(18-19-20)11(14)16-13(15)17-12/h3-5H,6H2,1-2H3,(H2,15,16,17). The third-order valence-electron chi connectivity index (χ3n) is 3.15. The number of methoxy groups -OCH3 is 2. The normalized spacial score (nSPS) is 10.9. The van der Waals surface area contributed by atoms with E-state index in [2.05, 4.69) is 20.3 Å². The zero-order valence-electron chi connectivity index (χ0n) is 11.9. The van der Waals surface area contributed by atoms with Crippen LogP contribution in [0.25, 0.3) is 11.2 Å². The SMILES string of the molecule is COc1ccc(OC)c(Cn2nnc3c(Cl)nc(N)nc32)c1. The number of rotatable bonds is 4. The molecule has 3 aromatic rings. The zero-order valence-corrected chi connectivity index (χ0v) is 12.7. The van der Waals surface area contributed by atoms with Crippen LogP contribution in [-0.4, -0.2) is 39.2 Å². The number of aromatic nitrogens is 5. The van der Waals surface area contributed by atoms with Gasteiger partial charge in [-0.05, 0) is 18.2 Å². The van der Waals surface area contributed by atoms with Gasteiger partial charge in [0.2, 0.25) is 5.95 Å². The van der Waals surface area contributed by atoms with Gasteiger partial charge in [-0.15, -0.1) is 5.10 Å². The summed E-state index contributed by atoms with van der Waals surface area (Å²) in [7, 11) is 3.20. The lowest BCUT2D eigenvalue weighted by atomic mass is 10.2. The molecule has 0 saturated carbocycles. The first kappa shape index (κ1) is 14.3. The topological polar surface area (TPSA) is 101 Å². The van der Waals surface area contributed by atoms with E-state index < -0.39 is 0 Å². The predicted molar refractivity (Wildman–Crippen MR) is 81.2 cm³/mol. The highest BCUT2D eigenvalue weighted by Crippen LogP contribution is 2.26. The molecule has 8 nitrogen and oxygen atoms in total. The Bertz CT molecular complexity index is 835. The fourth-order valence-corrected chi connectivity index (χ4v) is 2.32. The molecule has 0 saturated heterocycles. The number of nitrogens with two attached hydrogens (primary N) is 1. The first-order valence-electron chi connectivity index (χ1n) is 6.35. The van der Waals surface area contributed by atoms with E-state index in [1.54, 1.807) is 18.9 Å². The Morgan fingerprint density at radius 2 is 2.05 bits per heavy atom. The van der Waals surface area contributed by atoms with Crippen molar-refractivity contribution in [2.75, 3.05) is 20.0 Å². The van der Waals surface area contributed by atoms with Crippen molar-refractivity contribution in [1.82, 2.24) is 25.0 Å². The summed E-state index contributed by atoms with van der Waals surface area (Å²) in [5, 5.41) is 8.21. The first-order valence-corrected chi connectivity index (χ1v) is 6.73. The van der Waals surface area contributed by atoms with Gasteiger partial charge in [0, 0.05) is 5.56 Å². The van der Waals surface area contributed by atoms with Crippen LogP contribution in [0.2, 0.25) is 5.15 Å². The largest absolute Gasteiger partial charge is 0.497 e. The molecule has 1 aromatic carbocycles. The van der Waals surface area contributed by atoms with Gasteiger partial charge < -0.3 is 15.2 Å². The Kier molecular flexibility index (Phi) is 3.68. The first-order chi connectivity index (χ1) is 10.6. The van der Waals surface area contributed by atoms with Crippen molar-refractivity contribution in [3.8, 4) is 11.5 Å². The minimum Gasteiger partial charge on any atom is -0.497 e. The number of ether oxygens (including phenoxy) is 2. The number of fused-ring (bicyclic) bond motifs is 1. The van der Waals surface area contributed by atoms with Crippen LogP contribution in [0.15, 0.2) is 18.2 Å². The Labute approximate surface area is 130 Å². The summed E-state index contributed by atoms with van der Waals surface area (Å²) < 4.78 is 12.2. The summed E-state index contributed by atoms with van der Waals surface area (Å²) in [6.07, 6.45) is 0. The Hall–Kier alpha value is -2.61. The maximum absolute atomic E-state index is 5.99. The molecule has 0 unspecified atom stereocenters. The van der Waals surface area contributed by atoms with Gasteiger partial charge in [-0.3, -0.25) is 0 Å². The van der Waals surface area contributed by atoms with Crippen LogP contribution in [-0.2, 0) is 6.54 Å². The van der Waals surface area contributed by atoms with Gasteiger partial charge in [0.25, 0.3) is 0 Å². The summed E-state index contributed by atoms with van der Waals surface area (Å²) in [6.45, 7) is 0.379. The minimum atomic E-state index is 0.0682. The van der Waals surface area contributed by atoms with E-state index in [9.17, 15) is 0 Å². The number of hydrogen-bond acceptors (Lipinski definition) is 7. The van der Waals surface area contributed by atoms with Gasteiger partial charge >= 0.3 is 0 Å². The number of nitrogens with zero attached hydrogens (tertiary/aromatic N) is 5. The summed E-state index contributed by atoms with van der Waals surface area (Å²) in [6, 6.07) is 5.50. The molecule has 22 heavy (non-hydrogen) atoms. The second kappa shape index (κ2) is 5.64. The third-order valence-corrected chi connectivity index (χ3v) is 3.41. The van der Waals surface area contributed by atoms with Gasteiger partial charge in [0.1, 0.15) is 11.5 Å². The fourth-order valence-electron chi connectivity index (χ4n) is 2.11. The van der Waals surface area contributed by atoms with E-state index in [-0.39, 0.29) is 11.1 Å². The molecule has 0 aliphatic heterocycles. The van der Waals surface area contributed by atoms with E-state index >= 15 is 0 Å². The second-order valence-electron chi connectivity index (χ2n) is 4.47. The highest BCUT2D eigenvalue weighted by atomic mass is 35.5. The van der Waals surface area contributed by atoms with Crippen LogP contribution in [0.4, 0.5) is 5.95 Å². The van der Waals surface area contributed by atoms with Crippen LogP contribution < -0.4 is 15.2 Å². The quantitative estimate of drug-likeness (QED) is 0.727. The predicted octanol–water partition coefficient (Wildman–Crippen LogP) is 1.52. The molecule has 2 aromatic heterocycles. The van der Waals surface area contributed by atoms with Crippen LogP contribution >= 0.6 is 11.6 Å². The number of nitrogen functional groups attached to an aromatic ring is 1. The Balaban J connectivity index is 2.07. The molecule has 0 spiro atoms. The van der Waals surface area contributed by atoms with E-state index in [0.717, 1.165) is 5.56 Å². The van der Waals surface area contributed by atoms with Crippen molar-refractivity contribution in [2.45, 2.75) is 6.54 Å². The van der Waals surface area contributed by atoms with E-state index in [4.69, 9.17) is 26.8 Å². The zero-order chi connectivity index (χ0) is 15.7. The lowest BCUT2D eigenvalue weighted by Gasteiger charge is -2.10. The van der Waals surface area contributed by atoms with Gasteiger partial charge in [-0.25, -0.2) is 4.68 Å². The minimum absolute atomic E-state index is 0.0682. The monoisotopic (exact) mass is 320 g/mol. The van der Waals surface area contributed by atoms with E-state index in [1.165, 1.54) is 0 Å². The van der Waals surface area contributed by atoms with Crippen LogP contribution in [0.3, 0.4) is 0 Å². The molecule has 0 radical (unpaired) electrons. The average molecular weight is 321 g/mol. The molecule has 114 valence electrons. The number of hydrogen-bond donors (Lipinski definition) is 1. The third kappa shape index (κ3) is 2.48. The van der Waals surface area contributed by atoms with Gasteiger partial charge in [0.05, 0.1) is 20.8 Å². The molecule has 3 rings (SSSR count). The van der Waals surface area contributed by atoms with Crippen molar-refractivity contribution in [3.05, 3.63) is 28.9 Å². The van der Waals surface area contributed by atoms with Crippen molar-refractivity contribution >= 4 is 28.7 Å². The molecule has 0 bridgehead atoms. The Morgan fingerprint density at radius 3 is 2.77 bits per heavy atom. The molecule has 0 amide bonds. The van der Waals surface area contributed by atoms with Crippen molar-refractivity contribution < 1.29 is 9.47 Å². The van der Waals surface area contributed by atoms with Crippen LogP contribution in [0.1, 0.15) is 5.56 Å². The summed E-state index contributed by atoms with van der Waals surface area (Å²) in [5.74, 6) is 1.49. The van der Waals surface area contributed by atoms with Gasteiger partial charge in [0.15, 0.2) is 16.3 Å². The number of halogens is 1. The van der Waals surface area contributed by atoms with E-state index in [1.807, 2.05) is 18.2 Å². The molecule has 2 heterocycles. The van der Waals surface area contributed by atoms with Crippen LogP contribution in [0, 0.1) is 0 Å². The molecule has 0 aliphatic carbocycles. The lowest BCUT2D eigenvalue weighted by Crippen LogP contribution is -2.06. The molecule has 0 fully saturated rings. The molecule has 0 atom stereocenters. The fraction of sp³-hybridized carbons (Fsp3) is 0.231. The van der Waals surface area contributed by atoms with Crippen LogP contribution in [0.5, 0.6) is 11.5 Å². The smallest absolute Gasteiger partial charge is 0.223 e. The van der Waals surface area contributed by atoms with Gasteiger partial charge in [-0.1, -0.05) is 16.8 Å². The molecule has 9 heteroatoms. The molecule has 2 N–H and O–H groups in total. The maximum atomic E-state index is 5.99. The maximum Gasteiger partial charge on any atom is 0.223 e. The second-order valence-corrected chi connectivity index (χ2v) is 4.83. The number of benzene rings is 1. The summed E-state index contributed by atoms with van der Waals surface area (Å²) >= 11 is 5.99. The van der Waals surface area contributed by atoms with Crippen molar-refractivity contribution in [1.29, 1.82) is 0 Å². The average Bonchev–Trinajstić information content (AvgIpc) is 2.90. The summed E-state index contributed by atoms with van der Waals surface area (Å²) in [5.41, 5.74) is 7.35. The molecule has 0 aliphatic rings. The highest BCUT2D eigenvalue weighted by Gasteiger charge is 2.14. The molecular formula is C13H13ClN6O2. The lowest BCUT2D eigenvalue weighted by molar-refractivity contribution is 0.397. The summed E-state index contributed by atoms with van der Waals surface area (Å²) in [4.78, 5) is 7.99. The molecular weight excluding hydrogens is 308 g/mol. The van der Waals surface area contributed by atoms with Crippen molar-refractivity contribution in [2.24, 2.45) is 0 Å². The van der Waals surface area contributed by atoms with Crippen molar-refractivity contribution in [3.63, 3.8) is 0 Å². The van der Waals surface area contributed by atoms with Gasteiger partial charge in [-0.2, -0.15) is 9.97 Å².